The Labute approximate surface area is 96.9 Å². The molecule has 2 rings (SSSR count). The van der Waals surface area contributed by atoms with Gasteiger partial charge in [-0.3, -0.25) is 4.57 Å². The van der Waals surface area contributed by atoms with Crippen molar-refractivity contribution in [2.75, 3.05) is 5.73 Å². The maximum atomic E-state index is 13.6. The van der Waals surface area contributed by atoms with E-state index in [0.717, 1.165) is 0 Å². The van der Waals surface area contributed by atoms with Crippen LogP contribution in [0.15, 0.2) is 24.3 Å². The fourth-order valence-electron chi connectivity index (χ4n) is 1.64. The first-order chi connectivity index (χ1) is 7.61. The molecule has 0 aliphatic carbocycles. The summed E-state index contributed by atoms with van der Waals surface area (Å²) < 4.78 is 15.5. The number of H-pyrrole nitrogens is 1. The Balaban J connectivity index is 2.51. The van der Waals surface area contributed by atoms with Crippen molar-refractivity contribution in [1.82, 2.24) is 14.8 Å². The lowest BCUT2D eigenvalue weighted by Gasteiger charge is -2.14. The van der Waals surface area contributed by atoms with Crippen LogP contribution in [-0.2, 0) is 0 Å². The summed E-state index contributed by atoms with van der Waals surface area (Å²) in [5, 5.41) is 6.37. The van der Waals surface area contributed by atoms with E-state index in [1.54, 1.807) is 22.8 Å². The third-order valence-electron chi connectivity index (χ3n) is 2.47. The number of aromatic amines is 1. The molecule has 0 aliphatic heterocycles. The van der Waals surface area contributed by atoms with Crippen LogP contribution in [0, 0.1) is 10.6 Å². The molecule has 1 aromatic heterocycles. The van der Waals surface area contributed by atoms with E-state index in [9.17, 15) is 4.39 Å². The van der Waals surface area contributed by atoms with E-state index < -0.39 is 0 Å². The summed E-state index contributed by atoms with van der Waals surface area (Å²) in [5.41, 5.74) is 6.20. The number of halogens is 1. The summed E-state index contributed by atoms with van der Waals surface area (Å²) in [7, 11) is 0. The molecule has 0 amide bonds. The molecule has 0 spiro atoms. The molecule has 0 saturated carbocycles. The Bertz CT molecular complexity index is 560. The minimum absolute atomic E-state index is 0.251. The van der Waals surface area contributed by atoms with Crippen LogP contribution < -0.4 is 5.73 Å². The fraction of sp³-hybridized carbons (Fsp3) is 0.200. The monoisotopic (exact) mass is 238 g/mol. The summed E-state index contributed by atoms with van der Waals surface area (Å²) >= 11 is 5.03. The molecule has 3 N–H and O–H groups in total. The summed E-state index contributed by atoms with van der Waals surface area (Å²) in [6.45, 7) is 1.82. The minimum Gasteiger partial charge on any atom is -0.368 e. The van der Waals surface area contributed by atoms with Crippen molar-refractivity contribution in [2.45, 2.75) is 13.0 Å². The molecule has 1 atom stereocenters. The Morgan fingerprint density at radius 3 is 2.75 bits per heavy atom. The average molecular weight is 238 g/mol. The number of nitrogen functional groups attached to an aromatic ring is 1. The van der Waals surface area contributed by atoms with Gasteiger partial charge in [0.05, 0.1) is 6.04 Å². The van der Waals surface area contributed by atoms with Gasteiger partial charge in [0, 0.05) is 5.56 Å². The van der Waals surface area contributed by atoms with Crippen LogP contribution in [0.3, 0.4) is 0 Å². The molecule has 1 heterocycles. The van der Waals surface area contributed by atoms with Crippen LogP contribution in [0.1, 0.15) is 18.5 Å². The number of anilines is 1. The van der Waals surface area contributed by atoms with E-state index in [4.69, 9.17) is 18.0 Å². The van der Waals surface area contributed by atoms with Crippen LogP contribution in [0.5, 0.6) is 0 Å². The molecule has 4 nitrogen and oxygen atoms in total. The van der Waals surface area contributed by atoms with Crippen molar-refractivity contribution in [1.29, 1.82) is 0 Å². The van der Waals surface area contributed by atoms with Gasteiger partial charge in [0.15, 0.2) is 4.77 Å². The highest BCUT2D eigenvalue weighted by atomic mass is 32.1. The molecule has 0 fully saturated rings. The second-order valence-corrected chi connectivity index (χ2v) is 3.84. The zero-order valence-corrected chi connectivity index (χ0v) is 9.46. The normalized spacial score (nSPS) is 12.6. The summed E-state index contributed by atoms with van der Waals surface area (Å²) in [6.07, 6.45) is 0. The third-order valence-corrected chi connectivity index (χ3v) is 2.76. The quantitative estimate of drug-likeness (QED) is 0.789. The first-order valence-corrected chi connectivity index (χ1v) is 5.19. The van der Waals surface area contributed by atoms with E-state index in [2.05, 4.69) is 10.2 Å². The molecule has 16 heavy (non-hydrogen) atoms. The maximum Gasteiger partial charge on any atom is 0.221 e. The van der Waals surface area contributed by atoms with Gasteiger partial charge in [0.25, 0.3) is 0 Å². The van der Waals surface area contributed by atoms with Gasteiger partial charge in [-0.2, -0.15) is 0 Å². The molecule has 1 unspecified atom stereocenters. The van der Waals surface area contributed by atoms with Crippen molar-refractivity contribution in [2.24, 2.45) is 0 Å². The lowest BCUT2D eigenvalue weighted by Crippen LogP contribution is -2.11. The molecule has 0 saturated heterocycles. The summed E-state index contributed by atoms with van der Waals surface area (Å²) in [4.78, 5) is 0. The molecule has 2 aromatic rings. The van der Waals surface area contributed by atoms with E-state index in [1.165, 1.54) is 6.07 Å². The SMILES string of the molecule is CC(c1ccccc1F)n1c(N)n[nH]c1=S. The first kappa shape index (κ1) is 10.8. The lowest BCUT2D eigenvalue weighted by molar-refractivity contribution is 0.557. The number of hydrogen-bond donors (Lipinski definition) is 2. The van der Waals surface area contributed by atoms with Crippen molar-refractivity contribution < 1.29 is 4.39 Å². The highest BCUT2D eigenvalue weighted by Gasteiger charge is 2.15. The number of benzene rings is 1. The van der Waals surface area contributed by atoms with Gasteiger partial charge in [0.2, 0.25) is 5.95 Å². The van der Waals surface area contributed by atoms with Crippen molar-refractivity contribution >= 4 is 18.2 Å². The predicted molar refractivity (Wildman–Crippen MR) is 62.0 cm³/mol. The largest absolute Gasteiger partial charge is 0.368 e. The number of hydrogen-bond acceptors (Lipinski definition) is 3. The third kappa shape index (κ3) is 1.71. The molecular weight excluding hydrogens is 227 g/mol. The van der Waals surface area contributed by atoms with Crippen molar-refractivity contribution in [3.8, 4) is 0 Å². The standard InChI is InChI=1S/C10H11FN4S/c1-6(7-4-2-3-5-8(7)11)15-9(12)13-14-10(15)16/h2-6H,1H3,(H2,12,13)(H,14,16). The van der Waals surface area contributed by atoms with E-state index >= 15 is 0 Å². The van der Waals surface area contributed by atoms with Gasteiger partial charge < -0.3 is 5.73 Å². The van der Waals surface area contributed by atoms with Crippen LogP contribution >= 0.6 is 12.2 Å². The second-order valence-electron chi connectivity index (χ2n) is 3.45. The minimum atomic E-state index is -0.285. The second kappa shape index (κ2) is 4.05. The van der Waals surface area contributed by atoms with Gasteiger partial charge in [-0.25, -0.2) is 9.49 Å². The summed E-state index contributed by atoms with van der Waals surface area (Å²) in [6, 6.07) is 6.24. The van der Waals surface area contributed by atoms with E-state index in [0.29, 0.717) is 10.3 Å². The van der Waals surface area contributed by atoms with Crippen molar-refractivity contribution in [3.63, 3.8) is 0 Å². The topological polar surface area (TPSA) is 59.6 Å². The van der Waals surface area contributed by atoms with Gasteiger partial charge in [-0.05, 0) is 25.2 Å². The fourth-order valence-corrected chi connectivity index (χ4v) is 1.94. The Morgan fingerprint density at radius 2 is 2.19 bits per heavy atom. The molecule has 0 aliphatic rings. The van der Waals surface area contributed by atoms with E-state index in [-0.39, 0.29) is 17.8 Å². The van der Waals surface area contributed by atoms with Crippen LogP contribution in [-0.4, -0.2) is 14.8 Å². The maximum absolute atomic E-state index is 13.6. The zero-order valence-electron chi connectivity index (χ0n) is 8.64. The molecule has 1 aromatic carbocycles. The highest BCUT2D eigenvalue weighted by Crippen LogP contribution is 2.22. The highest BCUT2D eigenvalue weighted by molar-refractivity contribution is 7.71. The lowest BCUT2D eigenvalue weighted by atomic mass is 10.1. The predicted octanol–water partition coefficient (Wildman–Crippen LogP) is 2.27. The number of aromatic nitrogens is 3. The molecule has 0 radical (unpaired) electrons. The number of nitrogens with zero attached hydrogens (tertiary/aromatic N) is 2. The van der Waals surface area contributed by atoms with Gasteiger partial charge >= 0.3 is 0 Å². The smallest absolute Gasteiger partial charge is 0.221 e. The average Bonchev–Trinajstić information content (AvgIpc) is 2.58. The number of rotatable bonds is 2. The number of nitrogens with one attached hydrogen (secondary N) is 1. The Morgan fingerprint density at radius 1 is 1.50 bits per heavy atom. The molecular formula is C10H11FN4S. The molecule has 0 bridgehead atoms. The zero-order chi connectivity index (χ0) is 11.7. The van der Waals surface area contributed by atoms with E-state index in [1.807, 2.05) is 6.92 Å². The summed E-state index contributed by atoms with van der Waals surface area (Å²) in [5.74, 6) is -0.0294. The molecule has 6 heteroatoms. The van der Waals surface area contributed by atoms with Gasteiger partial charge in [-0.1, -0.05) is 18.2 Å². The first-order valence-electron chi connectivity index (χ1n) is 4.78. The number of nitrogens with two attached hydrogens (primary N) is 1. The molecule has 84 valence electrons. The van der Waals surface area contributed by atoms with Crippen LogP contribution in [0.2, 0.25) is 0 Å². The van der Waals surface area contributed by atoms with Crippen LogP contribution in [0.25, 0.3) is 0 Å². The van der Waals surface area contributed by atoms with Crippen LogP contribution in [0.4, 0.5) is 10.3 Å². The Kier molecular flexibility index (Phi) is 2.74. The Hall–Kier alpha value is -1.69. The van der Waals surface area contributed by atoms with Crippen molar-refractivity contribution in [3.05, 3.63) is 40.4 Å². The van der Waals surface area contributed by atoms with Gasteiger partial charge in [0.1, 0.15) is 5.82 Å². The van der Waals surface area contributed by atoms with Gasteiger partial charge in [-0.15, -0.1) is 5.10 Å².